The summed E-state index contributed by atoms with van der Waals surface area (Å²) in [5.74, 6) is -0.207. The highest BCUT2D eigenvalue weighted by atomic mass is 32.2. The fourth-order valence-electron chi connectivity index (χ4n) is 3.33. The van der Waals surface area contributed by atoms with Crippen molar-refractivity contribution in [1.82, 2.24) is 5.32 Å². The van der Waals surface area contributed by atoms with E-state index in [-0.39, 0.29) is 18.2 Å². The SMILES string of the molecule is CC[NH+](CC)Cc1ccccc1CNC(=O)C[C@H]1Sc2ccccc2NC1=O. The van der Waals surface area contributed by atoms with Gasteiger partial charge < -0.3 is 15.5 Å². The van der Waals surface area contributed by atoms with Crippen molar-refractivity contribution < 1.29 is 14.5 Å². The third-order valence-corrected chi connectivity index (χ3v) is 6.39. The number of benzene rings is 2. The van der Waals surface area contributed by atoms with Gasteiger partial charge in [-0.15, -0.1) is 11.8 Å². The maximum Gasteiger partial charge on any atom is 0.238 e. The minimum absolute atomic E-state index is 0.1000. The van der Waals surface area contributed by atoms with Crippen LogP contribution >= 0.6 is 11.8 Å². The highest BCUT2D eigenvalue weighted by Gasteiger charge is 2.28. The Hall–Kier alpha value is -2.31. The van der Waals surface area contributed by atoms with E-state index in [1.54, 1.807) is 0 Å². The molecule has 0 bridgehead atoms. The maximum absolute atomic E-state index is 12.5. The molecule has 0 saturated carbocycles. The van der Waals surface area contributed by atoms with Crippen LogP contribution in [-0.2, 0) is 22.7 Å². The van der Waals surface area contributed by atoms with Crippen LogP contribution in [0.4, 0.5) is 5.69 Å². The molecule has 0 fully saturated rings. The molecule has 6 heteroatoms. The molecule has 2 aromatic rings. The zero-order valence-electron chi connectivity index (χ0n) is 16.5. The van der Waals surface area contributed by atoms with Gasteiger partial charge in [-0.3, -0.25) is 9.59 Å². The molecule has 148 valence electrons. The zero-order valence-corrected chi connectivity index (χ0v) is 17.3. The fraction of sp³-hybridized carbons (Fsp3) is 0.364. The summed E-state index contributed by atoms with van der Waals surface area (Å²) in [4.78, 5) is 27.3. The molecule has 28 heavy (non-hydrogen) atoms. The van der Waals surface area contributed by atoms with E-state index in [1.165, 1.54) is 22.2 Å². The van der Waals surface area contributed by atoms with Crippen molar-refractivity contribution in [2.45, 2.75) is 43.5 Å². The second-order valence-corrected chi connectivity index (χ2v) is 8.22. The van der Waals surface area contributed by atoms with Crippen LogP contribution < -0.4 is 15.5 Å². The summed E-state index contributed by atoms with van der Waals surface area (Å²) in [6.45, 7) is 7.98. The molecule has 0 aliphatic carbocycles. The summed E-state index contributed by atoms with van der Waals surface area (Å²) in [5, 5.41) is 5.49. The number of carbonyl (C=O) groups excluding carboxylic acids is 2. The molecule has 1 atom stereocenters. The topological polar surface area (TPSA) is 62.6 Å². The van der Waals surface area contributed by atoms with E-state index in [4.69, 9.17) is 0 Å². The maximum atomic E-state index is 12.5. The van der Waals surface area contributed by atoms with Crippen molar-refractivity contribution >= 4 is 29.3 Å². The van der Waals surface area contributed by atoms with Crippen LogP contribution in [-0.4, -0.2) is 30.2 Å². The Balaban J connectivity index is 1.57. The standard InChI is InChI=1S/C22H27N3O2S/c1-3-25(4-2)15-17-10-6-5-9-16(17)14-23-21(26)13-20-22(27)24-18-11-7-8-12-19(18)28-20/h5-12,20H,3-4,13-15H2,1-2H3,(H,23,26)(H,24,27)/p+1/t20-/m1/s1. The molecular formula is C22H28N3O2S+. The van der Waals surface area contributed by atoms with E-state index in [1.807, 2.05) is 36.4 Å². The van der Waals surface area contributed by atoms with Gasteiger partial charge in [0.2, 0.25) is 11.8 Å². The summed E-state index contributed by atoms with van der Waals surface area (Å²) in [5.41, 5.74) is 3.23. The third kappa shape index (κ3) is 5.14. The minimum Gasteiger partial charge on any atom is -0.352 e. The number of amides is 2. The van der Waals surface area contributed by atoms with Crippen LogP contribution in [0.15, 0.2) is 53.4 Å². The van der Waals surface area contributed by atoms with E-state index >= 15 is 0 Å². The second kappa shape index (κ2) is 9.75. The molecule has 1 aliphatic rings. The Morgan fingerprint density at radius 2 is 1.75 bits per heavy atom. The number of fused-ring (bicyclic) bond motifs is 1. The summed E-state index contributed by atoms with van der Waals surface area (Å²) in [6, 6.07) is 15.9. The number of hydrogen-bond acceptors (Lipinski definition) is 3. The van der Waals surface area contributed by atoms with Gasteiger partial charge in [0.05, 0.1) is 24.0 Å². The predicted octanol–water partition coefficient (Wildman–Crippen LogP) is 2.23. The number of anilines is 1. The highest BCUT2D eigenvalue weighted by Crippen LogP contribution is 2.36. The fourth-order valence-corrected chi connectivity index (χ4v) is 4.44. The van der Waals surface area contributed by atoms with Gasteiger partial charge in [-0.25, -0.2) is 0 Å². The van der Waals surface area contributed by atoms with Gasteiger partial charge in [-0.05, 0) is 31.5 Å². The summed E-state index contributed by atoms with van der Waals surface area (Å²) in [6.07, 6.45) is 0.175. The van der Waals surface area contributed by atoms with Crippen LogP contribution in [0, 0.1) is 0 Å². The Morgan fingerprint density at radius 1 is 1.07 bits per heavy atom. The Morgan fingerprint density at radius 3 is 2.50 bits per heavy atom. The van der Waals surface area contributed by atoms with Gasteiger partial charge in [-0.2, -0.15) is 0 Å². The number of thioether (sulfide) groups is 1. The van der Waals surface area contributed by atoms with Crippen molar-refractivity contribution in [3.05, 3.63) is 59.7 Å². The molecule has 3 rings (SSSR count). The van der Waals surface area contributed by atoms with E-state index < -0.39 is 5.25 Å². The van der Waals surface area contributed by atoms with Gasteiger partial charge in [0.15, 0.2) is 0 Å². The lowest BCUT2D eigenvalue weighted by Gasteiger charge is -2.23. The molecule has 2 aromatic carbocycles. The minimum atomic E-state index is -0.398. The van der Waals surface area contributed by atoms with Crippen molar-refractivity contribution in [3.63, 3.8) is 0 Å². The molecule has 1 aliphatic heterocycles. The van der Waals surface area contributed by atoms with Crippen LogP contribution in [0.25, 0.3) is 0 Å². The second-order valence-electron chi connectivity index (χ2n) is 6.98. The molecule has 0 aromatic heterocycles. The molecule has 0 saturated heterocycles. The molecule has 0 unspecified atom stereocenters. The number of carbonyl (C=O) groups is 2. The quantitative estimate of drug-likeness (QED) is 0.639. The first-order valence-electron chi connectivity index (χ1n) is 9.84. The first kappa shape index (κ1) is 20.4. The highest BCUT2D eigenvalue weighted by molar-refractivity contribution is 8.01. The molecule has 3 N–H and O–H groups in total. The molecule has 5 nitrogen and oxygen atoms in total. The Bertz CT molecular complexity index is 836. The summed E-state index contributed by atoms with van der Waals surface area (Å²) < 4.78 is 0. The molecule has 1 heterocycles. The zero-order chi connectivity index (χ0) is 19.9. The van der Waals surface area contributed by atoms with E-state index in [9.17, 15) is 9.59 Å². The van der Waals surface area contributed by atoms with Gasteiger partial charge in [0, 0.05) is 23.4 Å². The van der Waals surface area contributed by atoms with E-state index in [0.717, 1.165) is 35.8 Å². The number of rotatable bonds is 8. The van der Waals surface area contributed by atoms with E-state index in [2.05, 4.69) is 36.6 Å². The van der Waals surface area contributed by atoms with Crippen molar-refractivity contribution in [2.24, 2.45) is 0 Å². The number of quaternary nitrogens is 1. The van der Waals surface area contributed by atoms with Crippen molar-refractivity contribution in [2.75, 3.05) is 18.4 Å². The lowest BCUT2D eigenvalue weighted by atomic mass is 10.1. The predicted molar refractivity (Wildman–Crippen MR) is 113 cm³/mol. The van der Waals surface area contributed by atoms with Crippen LogP contribution in [0.2, 0.25) is 0 Å². The largest absolute Gasteiger partial charge is 0.352 e. The van der Waals surface area contributed by atoms with Crippen molar-refractivity contribution in [3.8, 4) is 0 Å². The van der Waals surface area contributed by atoms with Crippen LogP contribution in [0.3, 0.4) is 0 Å². The van der Waals surface area contributed by atoms with Crippen molar-refractivity contribution in [1.29, 1.82) is 0 Å². The number of nitrogens with one attached hydrogen (secondary N) is 3. The Labute approximate surface area is 170 Å². The lowest BCUT2D eigenvalue weighted by Crippen LogP contribution is -3.10. The smallest absolute Gasteiger partial charge is 0.238 e. The average molecular weight is 399 g/mol. The first-order valence-corrected chi connectivity index (χ1v) is 10.7. The molecule has 0 spiro atoms. The van der Waals surface area contributed by atoms with Crippen LogP contribution in [0.1, 0.15) is 31.4 Å². The van der Waals surface area contributed by atoms with Gasteiger partial charge >= 0.3 is 0 Å². The summed E-state index contributed by atoms with van der Waals surface area (Å²) in [7, 11) is 0. The van der Waals surface area contributed by atoms with Gasteiger partial charge in [0.25, 0.3) is 0 Å². The number of para-hydroxylation sites is 1. The lowest BCUT2D eigenvalue weighted by molar-refractivity contribution is -0.910. The third-order valence-electron chi connectivity index (χ3n) is 5.11. The molecule has 0 radical (unpaired) electrons. The molecular weight excluding hydrogens is 370 g/mol. The monoisotopic (exact) mass is 398 g/mol. The van der Waals surface area contributed by atoms with Gasteiger partial charge in [0.1, 0.15) is 6.54 Å². The Kier molecular flexibility index (Phi) is 7.12. The first-order chi connectivity index (χ1) is 13.6. The normalized spacial score (nSPS) is 15.8. The van der Waals surface area contributed by atoms with Gasteiger partial charge in [-0.1, -0.05) is 36.4 Å². The summed E-state index contributed by atoms with van der Waals surface area (Å²) >= 11 is 1.46. The van der Waals surface area contributed by atoms with Crippen LogP contribution in [0.5, 0.6) is 0 Å². The molecule has 2 amide bonds. The average Bonchev–Trinajstić information content (AvgIpc) is 2.71. The van der Waals surface area contributed by atoms with E-state index in [0.29, 0.717) is 6.54 Å². The number of hydrogen-bond donors (Lipinski definition) is 3.